The van der Waals surface area contributed by atoms with Gasteiger partial charge in [-0.15, -0.1) is 0 Å². The third-order valence-electron chi connectivity index (χ3n) is 7.26. The summed E-state index contributed by atoms with van der Waals surface area (Å²) in [6.07, 6.45) is 4.35. The minimum atomic E-state index is -1.04. The molecule has 5 atom stereocenters. The SMILES string of the molecule is COCCC/C=C\CCCO[C@@H]1OC(COCc2ccccc2)[C@H](OCc2ccccc2)[C@H](OCc2ccccc2)C1O. The molecule has 1 N–H and O–H groups in total. The Kier molecular flexibility index (Phi) is 14.9. The Bertz CT molecular complexity index is 1140. The Hall–Kier alpha value is -2.88. The maximum absolute atomic E-state index is 11.5. The molecule has 1 fully saturated rings. The Morgan fingerprint density at radius 2 is 1.16 bits per heavy atom. The van der Waals surface area contributed by atoms with Crippen LogP contribution in [-0.2, 0) is 48.2 Å². The van der Waals surface area contributed by atoms with Crippen LogP contribution in [0, 0.1) is 0 Å². The van der Waals surface area contributed by atoms with E-state index in [0.29, 0.717) is 26.4 Å². The molecule has 0 aliphatic carbocycles. The minimum Gasteiger partial charge on any atom is -0.385 e. The van der Waals surface area contributed by atoms with E-state index in [9.17, 15) is 5.11 Å². The van der Waals surface area contributed by atoms with Crippen LogP contribution in [0.15, 0.2) is 103 Å². The summed E-state index contributed by atoms with van der Waals surface area (Å²) in [6, 6.07) is 29.9. The molecule has 0 saturated carbocycles. The van der Waals surface area contributed by atoms with Crippen molar-refractivity contribution in [3.8, 4) is 0 Å². The molecule has 232 valence electrons. The van der Waals surface area contributed by atoms with Gasteiger partial charge in [0, 0.05) is 13.7 Å². The number of allylic oxidation sites excluding steroid dienone is 2. The number of ether oxygens (including phenoxy) is 6. The monoisotopic (exact) mass is 590 g/mol. The molecular formula is C36H46O7. The molecule has 1 saturated heterocycles. The fourth-order valence-corrected chi connectivity index (χ4v) is 4.94. The average Bonchev–Trinajstić information content (AvgIpc) is 3.05. The number of aliphatic hydroxyl groups excluding tert-OH is 1. The first kappa shape index (κ1) is 33.0. The Morgan fingerprint density at radius 3 is 1.72 bits per heavy atom. The van der Waals surface area contributed by atoms with Crippen LogP contribution in [0.25, 0.3) is 0 Å². The highest BCUT2D eigenvalue weighted by Gasteiger charge is 2.47. The Labute approximate surface area is 256 Å². The number of rotatable bonds is 19. The lowest BCUT2D eigenvalue weighted by molar-refractivity contribution is -0.319. The number of benzene rings is 3. The maximum atomic E-state index is 11.5. The van der Waals surface area contributed by atoms with E-state index in [2.05, 4.69) is 12.2 Å². The van der Waals surface area contributed by atoms with E-state index < -0.39 is 30.7 Å². The fourth-order valence-electron chi connectivity index (χ4n) is 4.94. The predicted molar refractivity (Wildman–Crippen MR) is 166 cm³/mol. The van der Waals surface area contributed by atoms with Gasteiger partial charge in [-0.3, -0.25) is 0 Å². The Morgan fingerprint density at radius 1 is 0.651 bits per heavy atom. The van der Waals surface area contributed by atoms with Crippen molar-refractivity contribution in [2.45, 2.75) is 76.2 Å². The highest BCUT2D eigenvalue weighted by Crippen LogP contribution is 2.29. The second-order valence-electron chi connectivity index (χ2n) is 10.7. The topological polar surface area (TPSA) is 75.6 Å². The first-order valence-electron chi connectivity index (χ1n) is 15.3. The number of methoxy groups -OCH3 is 1. The standard InChI is InChI=1S/C36H46O7/c1-38-23-15-4-2-3-5-16-24-40-36-33(37)35(42-27-31-21-13-8-14-22-31)34(41-26-30-19-11-7-12-20-30)32(43-36)28-39-25-29-17-9-6-10-18-29/h2-3,6-14,17-22,32-37H,4-5,15-16,23-28H2,1H3/b3-2-/t32?,33?,34-,35+,36+/m0/s1. The summed E-state index contributed by atoms with van der Waals surface area (Å²) in [5, 5.41) is 11.5. The van der Waals surface area contributed by atoms with Gasteiger partial charge >= 0.3 is 0 Å². The minimum absolute atomic E-state index is 0.260. The summed E-state index contributed by atoms with van der Waals surface area (Å²) in [4.78, 5) is 0. The van der Waals surface area contributed by atoms with E-state index >= 15 is 0 Å². The van der Waals surface area contributed by atoms with Gasteiger partial charge in [0.25, 0.3) is 0 Å². The molecule has 3 aromatic rings. The van der Waals surface area contributed by atoms with E-state index in [-0.39, 0.29) is 6.61 Å². The van der Waals surface area contributed by atoms with Crippen molar-refractivity contribution in [2.75, 3.05) is 26.9 Å². The van der Waals surface area contributed by atoms with Gasteiger partial charge in [0.15, 0.2) is 6.29 Å². The van der Waals surface area contributed by atoms with Gasteiger partial charge in [0.2, 0.25) is 0 Å². The maximum Gasteiger partial charge on any atom is 0.186 e. The molecular weight excluding hydrogens is 544 g/mol. The smallest absolute Gasteiger partial charge is 0.186 e. The van der Waals surface area contributed by atoms with Crippen LogP contribution < -0.4 is 0 Å². The van der Waals surface area contributed by atoms with Crippen LogP contribution >= 0.6 is 0 Å². The van der Waals surface area contributed by atoms with Crippen molar-refractivity contribution in [3.05, 3.63) is 120 Å². The van der Waals surface area contributed by atoms with E-state index in [1.807, 2.05) is 91.0 Å². The number of unbranched alkanes of at least 4 members (excludes halogenated alkanes) is 2. The molecule has 0 amide bonds. The van der Waals surface area contributed by atoms with Gasteiger partial charge in [0.05, 0.1) is 33.0 Å². The zero-order valence-electron chi connectivity index (χ0n) is 25.2. The molecule has 1 aliphatic rings. The van der Waals surface area contributed by atoms with Gasteiger partial charge < -0.3 is 33.5 Å². The van der Waals surface area contributed by atoms with Crippen LogP contribution in [0.5, 0.6) is 0 Å². The number of aliphatic hydroxyl groups is 1. The lowest BCUT2D eigenvalue weighted by atomic mass is 9.98. The molecule has 3 aromatic carbocycles. The molecule has 7 nitrogen and oxygen atoms in total. The van der Waals surface area contributed by atoms with Gasteiger partial charge in [-0.05, 0) is 42.4 Å². The summed E-state index contributed by atoms with van der Waals surface area (Å²) < 4.78 is 36.5. The summed E-state index contributed by atoms with van der Waals surface area (Å²) in [5.41, 5.74) is 3.10. The van der Waals surface area contributed by atoms with Crippen LogP contribution in [-0.4, -0.2) is 62.7 Å². The van der Waals surface area contributed by atoms with E-state index in [1.54, 1.807) is 7.11 Å². The lowest BCUT2D eigenvalue weighted by Gasteiger charge is -2.44. The molecule has 0 bridgehead atoms. The van der Waals surface area contributed by atoms with Crippen molar-refractivity contribution in [3.63, 3.8) is 0 Å². The summed E-state index contributed by atoms with van der Waals surface area (Å²) in [6.45, 7) is 2.59. The van der Waals surface area contributed by atoms with Crippen molar-refractivity contribution < 1.29 is 33.5 Å². The largest absolute Gasteiger partial charge is 0.385 e. The molecule has 1 heterocycles. The molecule has 2 unspecified atom stereocenters. The van der Waals surface area contributed by atoms with E-state index in [1.165, 1.54) is 0 Å². The molecule has 0 spiro atoms. The van der Waals surface area contributed by atoms with Crippen molar-refractivity contribution in [1.29, 1.82) is 0 Å². The zero-order valence-corrected chi connectivity index (χ0v) is 25.2. The molecule has 0 radical (unpaired) electrons. The van der Waals surface area contributed by atoms with Crippen molar-refractivity contribution in [1.82, 2.24) is 0 Å². The molecule has 4 rings (SSSR count). The van der Waals surface area contributed by atoms with Crippen LogP contribution in [0.3, 0.4) is 0 Å². The van der Waals surface area contributed by atoms with Gasteiger partial charge in [0.1, 0.15) is 24.4 Å². The quantitative estimate of drug-likeness (QED) is 0.131. The summed E-state index contributed by atoms with van der Waals surface area (Å²) in [7, 11) is 1.72. The molecule has 1 aliphatic heterocycles. The van der Waals surface area contributed by atoms with Gasteiger partial charge in [-0.2, -0.15) is 0 Å². The second kappa shape index (κ2) is 19.4. The molecule has 0 aromatic heterocycles. The van der Waals surface area contributed by atoms with Crippen molar-refractivity contribution in [2.24, 2.45) is 0 Å². The van der Waals surface area contributed by atoms with Crippen LogP contribution in [0.1, 0.15) is 42.4 Å². The number of hydrogen-bond acceptors (Lipinski definition) is 7. The first-order chi connectivity index (χ1) is 21.2. The fraction of sp³-hybridized carbons (Fsp3) is 0.444. The molecule has 43 heavy (non-hydrogen) atoms. The van der Waals surface area contributed by atoms with E-state index in [0.717, 1.165) is 49.0 Å². The first-order valence-corrected chi connectivity index (χ1v) is 15.3. The van der Waals surface area contributed by atoms with Gasteiger partial charge in [-0.25, -0.2) is 0 Å². The highest BCUT2D eigenvalue weighted by atomic mass is 16.7. The lowest BCUT2D eigenvalue weighted by Crippen LogP contribution is -2.61. The predicted octanol–water partition coefficient (Wildman–Crippen LogP) is 6.24. The van der Waals surface area contributed by atoms with Gasteiger partial charge in [-0.1, -0.05) is 103 Å². The van der Waals surface area contributed by atoms with Crippen molar-refractivity contribution >= 4 is 0 Å². The Balaban J connectivity index is 1.43. The number of hydrogen-bond donors (Lipinski definition) is 1. The van der Waals surface area contributed by atoms with Crippen LogP contribution in [0.2, 0.25) is 0 Å². The third kappa shape index (κ3) is 11.6. The zero-order chi connectivity index (χ0) is 30.0. The highest BCUT2D eigenvalue weighted by molar-refractivity contribution is 5.15. The molecule has 7 heteroatoms. The third-order valence-corrected chi connectivity index (χ3v) is 7.26. The normalized spacial score (nSPS) is 22.2. The van der Waals surface area contributed by atoms with Crippen LogP contribution in [0.4, 0.5) is 0 Å². The van der Waals surface area contributed by atoms with E-state index in [4.69, 9.17) is 28.4 Å². The average molecular weight is 591 g/mol. The summed E-state index contributed by atoms with van der Waals surface area (Å²) in [5.74, 6) is 0. The summed E-state index contributed by atoms with van der Waals surface area (Å²) >= 11 is 0. The second-order valence-corrected chi connectivity index (χ2v) is 10.7.